The van der Waals surface area contributed by atoms with Crippen molar-refractivity contribution in [1.82, 2.24) is 0 Å². The topological polar surface area (TPSA) is 0 Å². The van der Waals surface area contributed by atoms with Crippen molar-refractivity contribution >= 4 is 31.8 Å². The molecule has 40 heavy (non-hydrogen) atoms. The Bertz CT molecular complexity index is 1310. The molecule has 0 fully saturated rings. The molecule has 0 spiro atoms. The first kappa shape index (κ1) is 29.5. The molecule has 0 atom stereocenters. The standard InChI is InChI=1S/C36H44P2S2/c1-33(2,29-21-13-9-14-22-29)38(37-39-40-37,34(3,4)30-23-15-10-16-24-30,35(5,6)31-25-17-11-18-26-31)36(7,8)32-27-19-12-20-28-32/h9-28H,1-8H3. The molecule has 0 aliphatic rings. The molecule has 0 bridgehead atoms. The summed E-state index contributed by atoms with van der Waals surface area (Å²) in [5.74, 6) is 0. The molecule has 0 N–H and O–H groups in total. The number of hydrogen-bond acceptors (Lipinski definition) is 2. The SMILES string of the molecule is CC(C)(c1ccccc1)P(p1ss1)(C(C)(C)c1ccccc1)(C(C)(C)c1ccccc1)C(C)(C)c1ccccc1. The summed E-state index contributed by atoms with van der Waals surface area (Å²) < 4.78 is 0. The Morgan fingerprint density at radius 2 is 0.575 bits per heavy atom. The molecule has 0 aliphatic heterocycles. The average Bonchev–Trinajstić information content (AvgIpc) is 3.81. The molecule has 0 saturated carbocycles. The van der Waals surface area contributed by atoms with Crippen LogP contribution in [0.25, 0.3) is 0 Å². The average molecular weight is 603 g/mol. The first-order valence-corrected chi connectivity index (χ1v) is 21.9. The van der Waals surface area contributed by atoms with E-state index in [-0.39, 0.29) is 20.6 Å². The predicted molar refractivity (Wildman–Crippen MR) is 185 cm³/mol. The van der Waals surface area contributed by atoms with Crippen LogP contribution in [0, 0.1) is 0 Å². The number of hydrogen-bond donors (Lipinski definition) is 0. The Labute approximate surface area is 250 Å². The Hall–Kier alpha value is -1.95. The van der Waals surface area contributed by atoms with E-state index < -0.39 is 11.9 Å². The molecule has 5 aromatic rings. The molecule has 4 aromatic carbocycles. The van der Waals surface area contributed by atoms with Crippen molar-refractivity contribution in [1.29, 1.82) is 0 Å². The summed E-state index contributed by atoms with van der Waals surface area (Å²) in [6.45, 7) is 21.0. The Balaban J connectivity index is 2.13. The van der Waals surface area contributed by atoms with Crippen LogP contribution in [-0.2, 0) is 20.6 Å². The summed E-state index contributed by atoms with van der Waals surface area (Å²) in [4.78, 5) is 0. The van der Waals surface area contributed by atoms with Gasteiger partial charge in [-0.25, -0.2) is 0 Å². The van der Waals surface area contributed by atoms with Crippen LogP contribution in [0.4, 0.5) is 0 Å². The van der Waals surface area contributed by atoms with Gasteiger partial charge in [0.1, 0.15) is 0 Å². The van der Waals surface area contributed by atoms with Gasteiger partial charge in [-0.3, -0.25) is 0 Å². The molecular weight excluding hydrogens is 558 g/mol. The fourth-order valence-corrected chi connectivity index (χ4v) is 57.4. The fourth-order valence-electron chi connectivity index (χ4n) is 9.55. The summed E-state index contributed by atoms with van der Waals surface area (Å²) in [7, 11) is 4.40. The van der Waals surface area contributed by atoms with Gasteiger partial charge in [0.05, 0.1) is 0 Å². The molecule has 0 nitrogen and oxygen atoms in total. The third-order valence-corrected chi connectivity index (χ3v) is 42.2. The molecular formula is C36H44P2S2. The molecule has 0 amide bonds. The van der Waals surface area contributed by atoms with Gasteiger partial charge in [-0.2, -0.15) is 0 Å². The van der Waals surface area contributed by atoms with E-state index in [0.717, 1.165) is 0 Å². The summed E-state index contributed by atoms with van der Waals surface area (Å²) in [6.07, 6.45) is -3.25. The van der Waals surface area contributed by atoms with E-state index >= 15 is 0 Å². The minimum absolute atomic E-state index is 0.132. The van der Waals surface area contributed by atoms with Crippen molar-refractivity contribution in [2.45, 2.75) is 76.0 Å². The van der Waals surface area contributed by atoms with E-state index in [4.69, 9.17) is 0 Å². The van der Waals surface area contributed by atoms with Gasteiger partial charge in [0, 0.05) is 0 Å². The predicted octanol–water partition coefficient (Wildman–Crippen LogP) is 12.9. The second kappa shape index (κ2) is 10.1. The van der Waals surface area contributed by atoms with Gasteiger partial charge in [-0.1, -0.05) is 0 Å². The zero-order valence-corrected chi connectivity index (χ0v) is 28.7. The minimum atomic E-state index is -3.25. The van der Waals surface area contributed by atoms with Crippen molar-refractivity contribution in [3.63, 3.8) is 0 Å². The van der Waals surface area contributed by atoms with Crippen LogP contribution >= 0.6 is 31.8 Å². The van der Waals surface area contributed by atoms with Crippen molar-refractivity contribution < 1.29 is 0 Å². The molecule has 0 saturated heterocycles. The molecule has 0 unspecified atom stereocenters. The van der Waals surface area contributed by atoms with Gasteiger partial charge in [0.25, 0.3) is 0 Å². The van der Waals surface area contributed by atoms with Gasteiger partial charge in [0.15, 0.2) is 0 Å². The van der Waals surface area contributed by atoms with E-state index in [1.165, 1.54) is 22.3 Å². The van der Waals surface area contributed by atoms with Crippen LogP contribution in [0.1, 0.15) is 77.6 Å². The summed E-state index contributed by atoms with van der Waals surface area (Å²) in [6, 6.07) is 46.0. The van der Waals surface area contributed by atoms with Crippen LogP contribution in [0.5, 0.6) is 0 Å². The first-order chi connectivity index (χ1) is 18.9. The van der Waals surface area contributed by atoms with Crippen LogP contribution in [0.15, 0.2) is 121 Å². The van der Waals surface area contributed by atoms with Gasteiger partial charge < -0.3 is 0 Å². The third kappa shape index (κ3) is 3.47. The second-order valence-corrected chi connectivity index (χ2v) is 32.2. The van der Waals surface area contributed by atoms with E-state index in [1.807, 2.05) is 0 Å². The van der Waals surface area contributed by atoms with E-state index in [0.29, 0.717) is 0 Å². The van der Waals surface area contributed by atoms with Crippen LogP contribution < -0.4 is 0 Å². The summed E-state index contributed by atoms with van der Waals surface area (Å²) in [5.41, 5.74) is 5.37. The van der Waals surface area contributed by atoms with Gasteiger partial charge >= 0.3 is 251 Å². The molecule has 1 heterocycles. The Morgan fingerprint density at radius 1 is 0.375 bits per heavy atom. The maximum absolute atomic E-state index is 3.25. The molecule has 5 rings (SSSR count). The van der Waals surface area contributed by atoms with Gasteiger partial charge in [-0.15, -0.1) is 0 Å². The summed E-state index contributed by atoms with van der Waals surface area (Å²) in [5, 5.41) is -0.527. The monoisotopic (exact) mass is 602 g/mol. The van der Waals surface area contributed by atoms with E-state index in [9.17, 15) is 0 Å². The normalized spacial score (nSPS) is 14.6. The number of rotatable bonds is 9. The van der Waals surface area contributed by atoms with Crippen molar-refractivity contribution in [2.24, 2.45) is 0 Å². The van der Waals surface area contributed by atoms with Gasteiger partial charge in [0.2, 0.25) is 0 Å². The molecule has 1 aromatic heterocycles. The summed E-state index contributed by atoms with van der Waals surface area (Å²) >= 11 is 0. The molecule has 0 radical (unpaired) electrons. The van der Waals surface area contributed by atoms with Crippen molar-refractivity contribution in [3.05, 3.63) is 144 Å². The Kier molecular flexibility index (Phi) is 7.46. The maximum atomic E-state index is 2.63. The van der Waals surface area contributed by atoms with Crippen LogP contribution in [-0.4, -0.2) is 0 Å². The first-order valence-electron chi connectivity index (χ1n) is 14.3. The molecule has 0 aliphatic carbocycles. The second-order valence-electron chi connectivity index (χ2n) is 13.2. The number of benzene rings is 4. The Morgan fingerprint density at radius 3 is 0.750 bits per heavy atom. The fraction of sp³-hybridized carbons (Fsp3) is 0.333. The third-order valence-electron chi connectivity index (χ3n) is 10.7. The van der Waals surface area contributed by atoms with Crippen molar-refractivity contribution in [3.8, 4) is 0 Å². The van der Waals surface area contributed by atoms with Crippen LogP contribution in [0.2, 0.25) is 0 Å². The quantitative estimate of drug-likeness (QED) is 0.116. The van der Waals surface area contributed by atoms with Crippen molar-refractivity contribution in [2.75, 3.05) is 0 Å². The van der Waals surface area contributed by atoms with E-state index in [1.54, 1.807) is 0 Å². The zero-order valence-electron chi connectivity index (χ0n) is 25.3. The van der Waals surface area contributed by atoms with E-state index in [2.05, 4.69) is 197 Å². The zero-order chi connectivity index (χ0) is 28.9. The molecule has 4 heteroatoms. The van der Waals surface area contributed by atoms with Crippen LogP contribution in [0.3, 0.4) is 0 Å². The van der Waals surface area contributed by atoms with Gasteiger partial charge in [-0.05, 0) is 0 Å². The molecule has 210 valence electrons.